The highest BCUT2D eigenvalue weighted by atomic mass is 16.5. The molecule has 1 rings (SSSR count). The van der Waals surface area contributed by atoms with Gasteiger partial charge < -0.3 is 20.3 Å². The van der Waals surface area contributed by atoms with E-state index in [1.165, 1.54) is 0 Å². The van der Waals surface area contributed by atoms with E-state index in [0.717, 1.165) is 5.56 Å². The van der Waals surface area contributed by atoms with Gasteiger partial charge in [0, 0.05) is 5.69 Å². The standard InChI is InChI=1S/C14H23NO3/c1-14(2,3)18-8-7-17-10-13(16)11-5-4-6-12(15)9-11/h4-6,9,13,16H,7-8,10,15H2,1-3H3. The summed E-state index contributed by atoms with van der Waals surface area (Å²) in [6.07, 6.45) is -0.650. The molecule has 1 aromatic carbocycles. The van der Waals surface area contributed by atoms with Gasteiger partial charge in [-0.3, -0.25) is 0 Å². The van der Waals surface area contributed by atoms with Gasteiger partial charge >= 0.3 is 0 Å². The van der Waals surface area contributed by atoms with E-state index in [4.69, 9.17) is 15.2 Å². The number of benzene rings is 1. The third-order valence-corrected chi connectivity index (χ3v) is 2.33. The second kappa shape index (κ2) is 6.73. The zero-order valence-electron chi connectivity index (χ0n) is 11.3. The number of nitrogens with two attached hydrogens (primary N) is 1. The van der Waals surface area contributed by atoms with Crippen molar-refractivity contribution in [3.63, 3.8) is 0 Å². The number of anilines is 1. The molecule has 0 saturated heterocycles. The molecule has 3 N–H and O–H groups in total. The maximum atomic E-state index is 9.88. The Bertz CT molecular complexity index is 360. The maximum absolute atomic E-state index is 9.88. The van der Waals surface area contributed by atoms with Crippen LogP contribution in [0.4, 0.5) is 5.69 Å². The summed E-state index contributed by atoms with van der Waals surface area (Å²) in [7, 11) is 0. The second-order valence-electron chi connectivity index (χ2n) is 5.22. The highest BCUT2D eigenvalue weighted by Crippen LogP contribution is 2.16. The lowest BCUT2D eigenvalue weighted by Crippen LogP contribution is -2.22. The lowest BCUT2D eigenvalue weighted by atomic mass is 10.1. The molecule has 0 saturated carbocycles. The number of nitrogen functional groups attached to an aromatic ring is 1. The lowest BCUT2D eigenvalue weighted by Gasteiger charge is -2.19. The average Bonchev–Trinajstić information content (AvgIpc) is 2.26. The first-order valence-corrected chi connectivity index (χ1v) is 6.14. The van der Waals surface area contributed by atoms with Crippen molar-refractivity contribution < 1.29 is 14.6 Å². The van der Waals surface area contributed by atoms with Crippen molar-refractivity contribution in [1.29, 1.82) is 0 Å². The lowest BCUT2D eigenvalue weighted by molar-refractivity contribution is -0.0477. The largest absolute Gasteiger partial charge is 0.399 e. The zero-order valence-corrected chi connectivity index (χ0v) is 11.3. The van der Waals surface area contributed by atoms with Crippen LogP contribution in [0.3, 0.4) is 0 Å². The van der Waals surface area contributed by atoms with Crippen LogP contribution in [-0.2, 0) is 9.47 Å². The van der Waals surface area contributed by atoms with E-state index >= 15 is 0 Å². The second-order valence-corrected chi connectivity index (χ2v) is 5.22. The summed E-state index contributed by atoms with van der Waals surface area (Å²) in [5.41, 5.74) is 6.90. The van der Waals surface area contributed by atoms with Gasteiger partial charge in [0.05, 0.1) is 25.4 Å². The first kappa shape index (κ1) is 15.0. The molecule has 0 aliphatic heterocycles. The van der Waals surface area contributed by atoms with E-state index in [1.54, 1.807) is 12.1 Å². The monoisotopic (exact) mass is 253 g/mol. The number of rotatable bonds is 6. The Labute approximate surface area is 109 Å². The van der Waals surface area contributed by atoms with Crippen molar-refractivity contribution >= 4 is 5.69 Å². The molecule has 0 radical (unpaired) electrons. The molecule has 4 nitrogen and oxygen atoms in total. The molecule has 1 atom stereocenters. The number of aliphatic hydroxyl groups is 1. The molecule has 0 aromatic heterocycles. The number of hydrogen-bond acceptors (Lipinski definition) is 4. The highest BCUT2D eigenvalue weighted by Gasteiger charge is 2.10. The van der Waals surface area contributed by atoms with E-state index in [1.807, 2.05) is 32.9 Å². The third kappa shape index (κ3) is 6.00. The normalized spacial score (nSPS) is 13.6. The van der Waals surface area contributed by atoms with E-state index in [0.29, 0.717) is 18.9 Å². The summed E-state index contributed by atoms with van der Waals surface area (Å²) in [4.78, 5) is 0. The molecule has 18 heavy (non-hydrogen) atoms. The average molecular weight is 253 g/mol. The van der Waals surface area contributed by atoms with Gasteiger partial charge in [-0.15, -0.1) is 0 Å². The van der Waals surface area contributed by atoms with Crippen molar-refractivity contribution in [1.82, 2.24) is 0 Å². The van der Waals surface area contributed by atoms with Gasteiger partial charge in [0.2, 0.25) is 0 Å². The van der Waals surface area contributed by atoms with Crippen LogP contribution >= 0.6 is 0 Å². The van der Waals surface area contributed by atoms with Crippen LogP contribution in [0.5, 0.6) is 0 Å². The third-order valence-electron chi connectivity index (χ3n) is 2.33. The summed E-state index contributed by atoms with van der Waals surface area (Å²) < 4.78 is 10.9. The molecule has 0 bridgehead atoms. The van der Waals surface area contributed by atoms with Crippen LogP contribution in [0.2, 0.25) is 0 Å². The fourth-order valence-corrected chi connectivity index (χ4v) is 1.46. The molecule has 0 fully saturated rings. The molecular weight excluding hydrogens is 230 g/mol. The van der Waals surface area contributed by atoms with E-state index in [9.17, 15) is 5.11 Å². The number of aliphatic hydroxyl groups excluding tert-OH is 1. The molecule has 0 amide bonds. The first-order valence-electron chi connectivity index (χ1n) is 6.14. The van der Waals surface area contributed by atoms with Gasteiger partial charge in [-0.1, -0.05) is 12.1 Å². The summed E-state index contributed by atoms with van der Waals surface area (Å²) in [6, 6.07) is 7.18. The van der Waals surface area contributed by atoms with Crippen LogP contribution in [0.1, 0.15) is 32.4 Å². The molecule has 0 spiro atoms. The van der Waals surface area contributed by atoms with Gasteiger partial charge in [-0.2, -0.15) is 0 Å². The van der Waals surface area contributed by atoms with E-state index < -0.39 is 6.10 Å². The quantitative estimate of drug-likeness (QED) is 0.602. The minimum absolute atomic E-state index is 0.157. The molecule has 102 valence electrons. The number of hydrogen-bond donors (Lipinski definition) is 2. The first-order chi connectivity index (χ1) is 8.38. The van der Waals surface area contributed by atoms with E-state index in [2.05, 4.69) is 0 Å². The summed E-state index contributed by atoms with van der Waals surface area (Å²) in [5, 5.41) is 9.88. The van der Waals surface area contributed by atoms with Gasteiger partial charge in [0.25, 0.3) is 0 Å². The van der Waals surface area contributed by atoms with Crippen molar-refractivity contribution in [3.8, 4) is 0 Å². The Morgan fingerprint density at radius 1 is 1.28 bits per heavy atom. The molecule has 0 heterocycles. The van der Waals surface area contributed by atoms with Crippen LogP contribution < -0.4 is 5.73 Å². The van der Waals surface area contributed by atoms with E-state index in [-0.39, 0.29) is 12.2 Å². The fraction of sp³-hybridized carbons (Fsp3) is 0.571. The zero-order chi connectivity index (χ0) is 13.6. The Morgan fingerprint density at radius 2 is 2.00 bits per heavy atom. The van der Waals surface area contributed by atoms with Crippen molar-refractivity contribution in [2.75, 3.05) is 25.6 Å². The Hall–Kier alpha value is -1.10. The molecule has 1 aromatic rings. The van der Waals surface area contributed by atoms with Crippen LogP contribution in [0, 0.1) is 0 Å². The molecule has 0 aliphatic rings. The summed E-state index contributed by atoms with van der Waals surface area (Å²) in [5.74, 6) is 0. The number of ether oxygens (including phenoxy) is 2. The molecule has 1 unspecified atom stereocenters. The van der Waals surface area contributed by atoms with Crippen molar-refractivity contribution in [2.24, 2.45) is 0 Å². The van der Waals surface area contributed by atoms with Crippen molar-refractivity contribution in [3.05, 3.63) is 29.8 Å². The Kier molecular flexibility index (Phi) is 5.59. The Balaban J connectivity index is 2.23. The van der Waals surface area contributed by atoms with Crippen LogP contribution in [0.25, 0.3) is 0 Å². The molecular formula is C14H23NO3. The van der Waals surface area contributed by atoms with Crippen LogP contribution in [0.15, 0.2) is 24.3 Å². The minimum Gasteiger partial charge on any atom is -0.399 e. The predicted molar refractivity (Wildman–Crippen MR) is 72.3 cm³/mol. The van der Waals surface area contributed by atoms with Gasteiger partial charge in [-0.05, 0) is 38.5 Å². The summed E-state index contributed by atoms with van der Waals surface area (Å²) >= 11 is 0. The Morgan fingerprint density at radius 3 is 2.61 bits per heavy atom. The molecule has 4 heteroatoms. The maximum Gasteiger partial charge on any atom is 0.102 e. The molecule has 0 aliphatic carbocycles. The van der Waals surface area contributed by atoms with Crippen molar-refractivity contribution in [2.45, 2.75) is 32.5 Å². The predicted octanol–water partition coefficient (Wildman–Crippen LogP) is 2.13. The smallest absolute Gasteiger partial charge is 0.102 e. The topological polar surface area (TPSA) is 64.7 Å². The SMILES string of the molecule is CC(C)(C)OCCOCC(O)c1cccc(N)c1. The highest BCUT2D eigenvalue weighted by molar-refractivity contribution is 5.41. The van der Waals surface area contributed by atoms with Gasteiger partial charge in [0.1, 0.15) is 6.10 Å². The minimum atomic E-state index is -0.650. The van der Waals surface area contributed by atoms with Gasteiger partial charge in [0.15, 0.2) is 0 Å². The fourth-order valence-electron chi connectivity index (χ4n) is 1.46. The summed E-state index contributed by atoms with van der Waals surface area (Å²) in [6.45, 7) is 7.22. The van der Waals surface area contributed by atoms with Gasteiger partial charge in [-0.25, -0.2) is 0 Å². The van der Waals surface area contributed by atoms with Crippen LogP contribution in [-0.4, -0.2) is 30.5 Å².